The third-order valence-corrected chi connectivity index (χ3v) is 7.47. The first-order valence-corrected chi connectivity index (χ1v) is 11.9. The van der Waals surface area contributed by atoms with Gasteiger partial charge in [0.1, 0.15) is 23.7 Å². The molecule has 0 unspecified atom stereocenters. The van der Waals surface area contributed by atoms with Crippen LogP contribution in [0.2, 0.25) is 0 Å². The van der Waals surface area contributed by atoms with E-state index >= 15 is 0 Å². The minimum atomic E-state index is -2.09. The molecule has 6 atom stereocenters. The zero-order chi connectivity index (χ0) is 26.8. The van der Waals surface area contributed by atoms with Gasteiger partial charge in [0.25, 0.3) is 0 Å². The smallest absolute Gasteiger partial charge is 0.201 e. The molecule has 0 spiro atoms. The highest BCUT2D eigenvalue weighted by Crippen LogP contribution is 2.48. The zero-order valence-electron chi connectivity index (χ0n) is 19.9. The average molecular weight is 513 g/mol. The Kier molecular flexibility index (Phi) is 6.18. The Morgan fingerprint density at radius 1 is 1.19 bits per heavy atom. The minimum Gasteiger partial charge on any atom is -0.507 e. The Morgan fingerprint density at radius 3 is 2.59 bits per heavy atom. The van der Waals surface area contributed by atoms with Gasteiger partial charge in [0, 0.05) is 42.0 Å². The predicted molar refractivity (Wildman–Crippen MR) is 125 cm³/mol. The van der Waals surface area contributed by atoms with Gasteiger partial charge >= 0.3 is 0 Å². The molecular formula is C26H27NO10. The molecule has 0 aromatic heterocycles. The second-order valence-corrected chi connectivity index (χ2v) is 9.86. The number of aromatic hydroxyl groups is 2. The van der Waals surface area contributed by atoms with E-state index in [4.69, 9.17) is 15.2 Å². The summed E-state index contributed by atoms with van der Waals surface area (Å²) in [6.45, 7) is 0.649. The number of Topliss-reactive ketones (excluding diaryl/α,β-unsaturated/α-hetero) is 1. The number of aliphatic hydroxyl groups excluding tert-OH is 2. The van der Waals surface area contributed by atoms with E-state index in [1.54, 1.807) is 6.92 Å². The lowest BCUT2D eigenvalue weighted by Gasteiger charge is -2.42. The number of ether oxygens (including phenoxy) is 2. The molecule has 2 aromatic carbocycles. The van der Waals surface area contributed by atoms with Crippen molar-refractivity contribution in [1.82, 2.24) is 0 Å². The van der Waals surface area contributed by atoms with Crippen LogP contribution in [-0.4, -0.2) is 79.6 Å². The summed E-state index contributed by atoms with van der Waals surface area (Å²) in [4.78, 5) is 39.2. The van der Waals surface area contributed by atoms with Crippen molar-refractivity contribution in [2.75, 3.05) is 6.61 Å². The largest absolute Gasteiger partial charge is 0.507 e. The van der Waals surface area contributed by atoms with E-state index < -0.39 is 71.7 Å². The van der Waals surface area contributed by atoms with E-state index in [1.807, 2.05) is 0 Å². The number of carbonyl (C=O) groups excluding carboxylic acids is 3. The number of ketones is 3. The van der Waals surface area contributed by atoms with Crippen LogP contribution in [0.5, 0.6) is 11.5 Å². The first-order valence-electron chi connectivity index (χ1n) is 11.9. The second kappa shape index (κ2) is 8.98. The maximum atomic E-state index is 13.4. The van der Waals surface area contributed by atoms with Gasteiger partial charge in [-0.3, -0.25) is 14.4 Å². The van der Waals surface area contributed by atoms with Gasteiger partial charge < -0.3 is 40.7 Å². The summed E-state index contributed by atoms with van der Waals surface area (Å²) >= 11 is 0. The van der Waals surface area contributed by atoms with Gasteiger partial charge in [-0.05, 0) is 24.6 Å². The van der Waals surface area contributed by atoms with Crippen molar-refractivity contribution in [2.24, 2.45) is 5.73 Å². The number of phenolic OH excluding ortho intramolecular Hbond substituents is 2. The minimum absolute atomic E-state index is 0.0423. The summed E-state index contributed by atoms with van der Waals surface area (Å²) in [7, 11) is 0. The van der Waals surface area contributed by atoms with Gasteiger partial charge in [0.05, 0.1) is 29.4 Å². The number of fused-ring (bicyclic) bond motifs is 3. The molecule has 0 radical (unpaired) electrons. The fraction of sp³-hybridized carbons (Fsp3) is 0.423. The Balaban J connectivity index is 1.64. The van der Waals surface area contributed by atoms with Gasteiger partial charge in [-0.15, -0.1) is 0 Å². The van der Waals surface area contributed by atoms with Crippen LogP contribution in [0.25, 0.3) is 0 Å². The SMILES string of the molecule is C[C@@H]1O[C@@H](O[C@H]2C[C@](O)(C(=O)CO)Cc3cc4c(c(O)c32)C(=O)c2c(O)cccc2C4=O)C[C@@H](N)[C@H]1O. The first-order chi connectivity index (χ1) is 17.5. The number of aliphatic hydroxyl groups is 3. The molecule has 0 saturated carbocycles. The van der Waals surface area contributed by atoms with Crippen LogP contribution in [-0.2, 0) is 20.7 Å². The molecular weight excluding hydrogens is 486 g/mol. The van der Waals surface area contributed by atoms with Gasteiger partial charge in [-0.25, -0.2) is 0 Å². The normalized spacial score (nSPS) is 30.9. The Bertz CT molecular complexity index is 1310. The lowest BCUT2D eigenvalue weighted by molar-refractivity contribution is -0.247. The highest BCUT2D eigenvalue weighted by molar-refractivity contribution is 6.30. The van der Waals surface area contributed by atoms with Crippen molar-refractivity contribution < 1.29 is 49.4 Å². The summed E-state index contributed by atoms with van der Waals surface area (Å²) in [5.74, 6) is -3.25. The molecule has 196 valence electrons. The van der Waals surface area contributed by atoms with Crippen LogP contribution in [0.15, 0.2) is 24.3 Å². The predicted octanol–water partition coefficient (Wildman–Crippen LogP) is -0.00730. The van der Waals surface area contributed by atoms with E-state index in [0.717, 1.165) is 0 Å². The fourth-order valence-electron chi connectivity index (χ4n) is 5.52. The number of nitrogens with two attached hydrogens (primary N) is 1. The molecule has 2 aliphatic carbocycles. The summed E-state index contributed by atoms with van der Waals surface area (Å²) in [6.07, 6.45) is -4.50. The molecule has 1 aliphatic heterocycles. The fourth-order valence-corrected chi connectivity index (χ4v) is 5.52. The molecule has 1 heterocycles. The summed E-state index contributed by atoms with van der Waals surface area (Å²) in [6, 6.07) is 4.69. The van der Waals surface area contributed by atoms with Crippen molar-refractivity contribution in [3.05, 3.63) is 57.6 Å². The van der Waals surface area contributed by atoms with Gasteiger partial charge in [0.2, 0.25) is 5.78 Å². The Labute approximate surface area is 211 Å². The highest BCUT2D eigenvalue weighted by Gasteiger charge is 2.48. The Hall–Kier alpha value is -3.19. The number of benzene rings is 2. The highest BCUT2D eigenvalue weighted by atomic mass is 16.7. The number of rotatable bonds is 4. The number of hydrogen-bond acceptors (Lipinski definition) is 11. The quantitative estimate of drug-likeness (QED) is 0.274. The number of phenols is 2. The molecule has 37 heavy (non-hydrogen) atoms. The molecule has 1 saturated heterocycles. The van der Waals surface area contributed by atoms with Crippen LogP contribution in [0.1, 0.15) is 68.8 Å². The van der Waals surface area contributed by atoms with Crippen molar-refractivity contribution in [2.45, 2.75) is 62.4 Å². The van der Waals surface area contributed by atoms with E-state index in [1.165, 1.54) is 24.3 Å². The third kappa shape index (κ3) is 3.95. The molecule has 5 rings (SSSR count). The third-order valence-electron chi connectivity index (χ3n) is 7.47. The topological polar surface area (TPSA) is 197 Å². The Morgan fingerprint density at radius 2 is 1.92 bits per heavy atom. The van der Waals surface area contributed by atoms with E-state index in [2.05, 4.69) is 0 Å². The molecule has 2 aromatic rings. The second-order valence-electron chi connectivity index (χ2n) is 9.86. The average Bonchev–Trinajstić information content (AvgIpc) is 2.84. The van der Waals surface area contributed by atoms with Crippen LogP contribution in [0, 0.1) is 0 Å². The standard InChI is InChI=1S/C26H27NO10/c1-10-22(31)14(27)6-18(36-10)37-16-8-26(35,17(30)9-28)7-11-5-13-21(24(33)19(11)16)25(34)20-12(23(13)32)3-2-4-15(20)29/h2-5,10,14,16,18,22,28-29,31,33,35H,6-9,27H2,1H3/t10-,14+,16-,18-,22-,26-/m0/s1. The van der Waals surface area contributed by atoms with Gasteiger partial charge in [0.15, 0.2) is 17.9 Å². The zero-order valence-corrected chi connectivity index (χ0v) is 19.9. The lowest BCUT2D eigenvalue weighted by Crippen LogP contribution is -2.53. The summed E-state index contributed by atoms with van der Waals surface area (Å²) in [5, 5.41) is 52.4. The maximum Gasteiger partial charge on any atom is 0.201 e. The number of carbonyl (C=O) groups is 3. The monoisotopic (exact) mass is 513 g/mol. The van der Waals surface area contributed by atoms with Crippen LogP contribution < -0.4 is 5.73 Å². The molecule has 0 amide bonds. The maximum absolute atomic E-state index is 13.4. The summed E-state index contributed by atoms with van der Waals surface area (Å²) < 4.78 is 11.7. The van der Waals surface area contributed by atoms with Crippen LogP contribution in [0.4, 0.5) is 0 Å². The molecule has 7 N–H and O–H groups in total. The number of hydrogen-bond donors (Lipinski definition) is 6. The lowest BCUT2D eigenvalue weighted by atomic mass is 9.72. The van der Waals surface area contributed by atoms with Gasteiger partial charge in [-0.2, -0.15) is 0 Å². The molecule has 3 aliphatic rings. The summed E-state index contributed by atoms with van der Waals surface area (Å²) in [5.41, 5.74) is 3.40. The van der Waals surface area contributed by atoms with Crippen molar-refractivity contribution in [3.8, 4) is 11.5 Å². The van der Waals surface area contributed by atoms with E-state index in [0.29, 0.717) is 0 Å². The molecule has 0 bridgehead atoms. The molecule has 1 fully saturated rings. The van der Waals surface area contributed by atoms with Gasteiger partial charge in [-0.1, -0.05) is 12.1 Å². The molecule has 11 nitrogen and oxygen atoms in total. The van der Waals surface area contributed by atoms with E-state index in [-0.39, 0.29) is 52.6 Å². The van der Waals surface area contributed by atoms with E-state index in [9.17, 15) is 39.9 Å². The van der Waals surface area contributed by atoms with Crippen LogP contribution in [0.3, 0.4) is 0 Å². The van der Waals surface area contributed by atoms with Crippen molar-refractivity contribution in [1.29, 1.82) is 0 Å². The molecule has 11 heteroatoms. The van der Waals surface area contributed by atoms with Crippen molar-refractivity contribution in [3.63, 3.8) is 0 Å². The van der Waals surface area contributed by atoms with Crippen molar-refractivity contribution >= 4 is 17.3 Å². The first kappa shape index (κ1) is 25.5. The van der Waals surface area contributed by atoms with Crippen LogP contribution >= 0.6 is 0 Å².